The Labute approximate surface area is 118 Å². The van der Waals surface area contributed by atoms with Crippen LogP contribution in [-0.2, 0) is 0 Å². The van der Waals surface area contributed by atoms with E-state index in [2.05, 4.69) is 26.2 Å². The first-order valence-electron chi connectivity index (χ1n) is 4.90. The molecule has 0 fully saturated rings. The molecule has 2 aromatic rings. The molecule has 0 bridgehead atoms. The number of rotatable bonds is 2. The third-order valence-corrected chi connectivity index (χ3v) is 3.65. The monoisotopic (exact) mass is 330 g/mol. The molecule has 1 aromatic carbocycles. The molecule has 0 amide bonds. The number of pyridine rings is 1. The number of halogens is 3. The fourth-order valence-corrected chi connectivity index (χ4v) is 2.25. The standard InChI is InChI=1S/C12H9BrCl2N2/c1-7-2-3-16-12(11(7)13)17-10-5-8(14)4-9(15)6-10/h2-6H,1H3,(H,16,17). The summed E-state index contributed by atoms with van der Waals surface area (Å²) in [4.78, 5) is 4.25. The number of nitrogens with one attached hydrogen (secondary N) is 1. The summed E-state index contributed by atoms with van der Waals surface area (Å²) < 4.78 is 0.927. The van der Waals surface area contributed by atoms with Gasteiger partial charge < -0.3 is 5.32 Å². The van der Waals surface area contributed by atoms with Crippen molar-refractivity contribution in [3.05, 3.63) is 50.5 Å². The van der Waals surface area contributed by atoms with Crippen LogP contribution < -0.4 is 5.32 Å². The molecule has 5 heteroatoms. The molecule has 88 valence electrons. The van der Waals surface area contributed by atoms with Crippen molar-refractivity contribution in [3.63, 3.8) is 0 Å². The normalized spacial score (nSPS) is 10.4. The number of anilines is 2. The summed E-state index contributed by atoms with van der Waals surface area (Å²) in [6, 6.07) is 7.21. The van der Waals surface area contributed by atoms with Crippen molar-refractivity contribution in [3.8, 4) is 0 Å². The first-order valence-corrected chi connectivity index (χ1v) is 6.45. The SMILES string of the molecule is Cc1ccnc(Nc2cc(Cl)cc(Cl)c2)c1Br. The Kier molecular flexibility index (Phi) is 3.92. The maximum atomic E-state index is 5.93. The minimum Gasteiger partial charge on any atom is -0.339 e. The van der Waals surface area contributed by atoms with Gasteiger partial charge in [-0.2, -0.15) is 0 Å². The highest BCUT2D eigenvalue weighted by molar-refractivity contribution is 9.10. The average molecular weight is 332 g/mol. The molecular formula is C12H9BrCl2N2. The van der Waals surface area contributed by atoms with Gasteiger partial charge in [0, 0.05) is 21.9 Å². The molecule has 1 N–H and O–H groups in total. The van der Waals surface area contributed by atoms with Crippen molar-refractivity contribution >= 4 is 50.6 Å². The second kappa shape index (κ2) is 5.25. The van der Waals surface area contributed by atoms with Crippen LogP contribution in [0, 0.1) is 6.92 Å². The number of aryl methyl sites for hydroxylation is 1. The van der Waals surface area contributed by atoms with Gasteiger partial charge in [0.1, 0.15) is 5.82 Å². The van der Waals surface area contributed by atoms with Gasteiger partial charge in [-0.1, -0.05) is 23.2 Å². The first-order chi connectivity index (χ1) is 8.06. The van der Waals surface area contributed by atoms with Gasteiger partial charge >= 0.3 is 0 Å². The number of benzene rings is 1. The van der Waals surface area contributed by atoms with E-state index in [0.29, 0.717) is 10.0 Å². The van der Waals surface area contributed by atoms with Crippen LogP contribution in [0.3, 0.4) is 0 Å². The molecule has 1 aromatic heterocycles. The lowest BCUT2D eigenvalue weighted by Gasteiger charge is -2.09. The largest absolute Gasteiger partial charge is 0.339 e. The Balaban J connectivity index is 2.34. The van der Waals surface area contributed by atoms with Crippen LogP contribution in [0.4, 0.5) is 11.5 Å². The summed E-state index contributed by atoms with van der Waals surface area (Å²) in [5.41, 5.74) is 1.91. The van der Waals surface area contributed by atoms with Crippen molar-refractivity contribution in [2.45, 2.75) is 6.92 Å². The molecule has 2 nitrogen and oxygen atoms in total. The van der Waals surface area contributed by atoms with Gasteiger partial charge in [0.15, 0.2) is 0 Å². The van der Waals surface area contributed by atoms with E-state index in [-0.39, 0.29) is 0 Å². The molecule has 0 aliphatic carbocycles. The lowest BCUT2D eigenvalue weighted by atomic mass is 10.3. The zero-order valence-corrected chi connectivity index (χ0v) is 12.1. The van der Waals surface area contributed by atoms with Crippen molar-refractivity contribution in [1.82, 2.24) is 4.98 Å². The van der Waals surface area contributed by atoms with Gasteiger partial charge in [0.25, 0.3) is 0 Å². The van der Waals surface area contributed by atoms with E-state index in [1.165, 1.54) is 0 Å². The summed E-state index contributed by atoms with van der Waals surface area (Å²) in [5.74, 6) is 0.739. The lowest BCUT2D eigenvalue weighted by Crippen LogP contribution is -1.95. The Morgan fingerprint density at radius 1 is 1.18 bits per heavy atom. The van der Waals surface area contributed by atoms with Crippen molar-refractivity contribution in [2.75, 3.05) is 5.32 Å². The fraction of sp³-hybridized carbons (Fsp3) is 0.0833. The van der Waals surface area contributed by atoms with E-state index in [9.17, 15) is 0 Å². The summed E-state index contributed by atoms with van der Waals surface area (Å²) in [7, 11) is 0. The predicted octanol–water partition coefficient (Wildman–Crippen LogP) is 5.20. The van der Waals surface area contributed by atoms with E-state index in [0.717, 1.165) is 21.5 Å². The Morgan fingerprint density at radius 3 is 2.47 bits per heavy atom. The molecule has 0 atom stereocenters. The van der Waals surface area contributed by atoms with Gasteiger partial charge in [-0.05, 0) is 52.7 Å². The van der Waals surface area contributed by atoms with Gasteiger partial charge in [-0.25, -0.2) is 4.98 Å². The number of aromatic nitrogens is 1. The minimum atomic E-state index is 0.587. The molecular weight excluding hydrogens is 323 g/mol. The van der Waals surface area contributed by atoms with E-state index < -0.39 is 0 Å². The number of hydrogen-bond acceptors (Lipinski definition) is 2. The third kappa shape index (κ3) is 3.12. The van der Waals surface area contributed by atoms with Crippen LogP contribution >= 0.6 is 39.1 Å². The number of nitrogens with zero attached hydrogens (tertiary/aromatic N) is 1. The summed E-state index contributed by atoms with van der Waals surface area (Å²) in [6.07, 6.45) is 1.74. The molecule has 0 unspecified atom stereocenters. The van der Waals surface area contributed by atoms with Crippen LogP contribution in [0.1, 0.15) is 5.56 Å². The van der Waals surface area contributed by atoms with Crippen LogP contribution in [0.5, 0.6) is 0 Å². The van der Waals surface area contributed by atoms with Gasteiger partial charge in [-0.3, -0.25) is 0 Å². The molecule has 17 heavy (non-hydrogen) atoms. The van der Waals surface area contributed by atoms with E-state index >= 15 is 0 Å². The Bertz CT molecular complexity index is 538. The van der Waals surface area contributed by atoms with Crippen LogP contribution in [0.25, 0.3) is 0 Å². The molecule has 2 rings (SSSR count). The van der Waals surface area contributed by atoms with Crippen LogP contribution in [0.15, 0.2) is 34.9 Å². The molecule has 0 spiro atoms. The van der Waals surface area contributed by atoms with Crippen molar-refractivity contribution in [2.24, 2.45) is 0 Å². The molecule has 0 radical (unpaired) electrons. The topological polar surface area (TPSA) is 24.9 Å². The Hall–Kier alpha value is -0.770. The maximum absolute atomic E-state index is 5.93. The smallest absolute Gasteiger partial charge is 0.144 e. The van der Waals surface area contributed by atoms with Crippen molar-refractivity contribution in [1.29, 1.82) is 0 Å². The van der Waals surface area contributed by atoms with Gasteiger partial charge in [-0.15, -0.1) is 0 Å². The molecule has 0 aliphatic rings. The minimum absolute atomic E-state index is 0.587. The van der Waals surface area contributed by atoms with Crippen molar-refractivity contribution < 1.29 is 0 Å². The highest BCUT2D eigenvalue weighted by Gasteiger charge is 2.05. The molecule has 0 aliphatic heterocycles. The van der Waals surface area contributed by atoms with Gasteiger partial charge in [0.2, 0.25) is 0 Å². The van der Waals surface area contributed by atoms with Crippen LogP contribution in [0.2, 0.25) is 10.0 Å². The first kappa shape index (κ1) is 12.7. The van der Waals surface area contributed by atoms with E-state index in [1.54, 1.807) is 24.4 Å². The molecule has 0 saturated heterocycles. The zero-order chi connectivity index (χ0) is 12.4. The highest BCUT2D eigenvalue weighted by Crippen LogP contribution is 2.29. The van der Waals surface area contributed by atoms with Crippen LogP contribution in [-0.4, -0.2) is 4.98 Å². The summed E-state index contributed by atoms with van der Waals surface area (Å²) in [5, 5.41) is 4.34. The second-order valence-electron chi connectivity index (χ2n) is 3.57. The van der Waals surface area contributed by atoms with E-state index in [1.807, 2.05) is 13.0 Å². The van der Waals surface area contributed by atoms with Gasteiger partial charge in [0.05, 0.1) is 4.47 Å². The highest BCUT2D eigenvalue weighted by atomic mass is 79.9. The molecule has 0 saturated carbocycles. The van der Waals surface area contributed by atoms with E-state index in [4.69, 9.17) is 23.2 Å². The molecule has 1 heterocycles. The average Bonchev–Trinajstić information content (AvgIpc) is 2.23. The third-order valence-electron chi connectivity index (χ3n) is 2.21. The summed E-state index contributed by atoms with van der Waals surface area (Å²) in [6.45, 7) is 2.00. The Morgan fingerprint density at radius 2 is 1.82 bits per heavy atom. The fourth-order valence-electron chi connectivity index (χ4n) is 1.39. The lowest BCUT2D eigenvalue weighted by molar-refractivity contribution is 1.25. The number of hydrogen-bond donors (Lipinski definition) is 1. The predicted molar refractivity (Wildman–Crippen MR) is 76.4 cm³/mol. The maximum Gasteiger partial charge on any atom is 0.144 e. The second-order valence-corrected chi connectivity index (χ2v) is 5.24. The zero-order valence-electron chi connectivity index (χ0n) is 8.97. The summed E-state index contributed by atoms with van der Waals surface area (Å²) >= 11 is 15.3. The quantitative estimate of drug-likeness (QED) is 0.817.